The highest BCUT2D eigenvalue weighted by atomic mass is 35.5. The van der Waals surface area contributed by atoms with Crippen LogP contribution in [0.4, 0.5) is 5.13 Å². The number of hydrogen-bond donors (Lipinski definition) is 3. The molecular formula is C21H24Cl2N6O2S. The molecule has 3 aromatic rings. The lowest BCUT2D eigenvalue weighted by molar-refractivity contribution is -0.120. The van der Waals surface area contributed by atoms with Gasteiger partial charge < -0.3 is 16.4 Å². The second-order valence-electron chi connectivity index (χ2n) is 7.14. The zero-order valence-corrected chi connectivity index (χ0v) is 20.1. The predicted molar refractivity (Wildman–Crippen MR) is 129 cm³/mol. The highest BCUT2D eigenvalue weighted by Gasteiger charge is 2.15. The van der Waals surface area contributed by atoms with Gasteiger partial charge in [0.05, 0.1) is 24.9 Å². The molecule has 0 spiro atoms. The summed E-state index contributed by atoms with van der Waals surface area (Å²) in [5.74, 6) is -0.271. The van der Waals surface area contributed by atoms with Crippen molar-refractivity contribution in [3.05, 3.63) is 72.1 Å². The molecule has 2 heterocycles. The third-order valence-electron chi connectivity index (χ3n) is 4.98. The molecule has 2 aromatic heterocycles. The molecule has 32 heavy (non-hydrogen) atoms. The van der Waals surface area contributed by atoms with Crippen LogP contribution in [0.15, 0.2) is 29.2 Å². The number of rotatable bonds is 9. The number of halogens is 2. The highest BCUT2D eigenvalue weighted by Crippen LogP contribution is 2.28. The van der Waals surface area contributed by atoms with Crippen molar-refractivity contribution in [2.75, 3.05) is 12.4 Å². The van der Waals surface area contributed by atoms with Crippen molar-refractivity contribution in [2.24, 2.45) is 5.73 Å². The Bertz CT molecular complexity index is 1180. The van der Waals surface area contributed by atoms with Crippen LogP contribution in [0.3, 0.4) is 0 Å². The van der Waals surface area contributed by atoms with E-state index in [0.717, 1.165) is 11.1 Å². The summed E-state index contributed by atoms with van der Waals surface area (Å²) < 4.78 is 1.92. The van der Waals surface area contributed by atoms with Crippen molar-refractivity contribution >= 4 is 45.6 Å². The van der Waals surface area contributed by atoms with Crippen molar-refractivity contribution in [2.45, 2.75) is 39.4 Å². The first kappa shape index (κ1) is 24.2. The van der Waals surface area contributed by atoms with Gasteiger partial charge in [0.1, 0.15) is 4.34 Å². The summed E-state index contributed by atoms with van der Waals surface area (Å²) in [4.78, 5) is 29.9. The fraction of sp³-hybridized carbons (Fsp3) is 0.333. The van der Waals surface area contributed by atoms with E-state index in [0.29, 0.717) is 50.8 Å². The molecule has 0 radical (unpaired) electrons. The number of thiazole rings is 1. The van der Waals surface area contributed by atoms with Gasteiger partial charge in [-0.25, -0.2) is 9.67 Å². The largest absolute Gasteiger partial charge is 0.365 e. The molecule has 0 aliphatic carbocycles. The molecule has 0 bridgehead atoms. The molecule has 0 saturated carbocycles. The van der Waals surface area contributed by atoms with Gasteiger partial charge >= 0.3 is 0 Å². The highest BCUT2D eigenvalue weighted by molar-refractivity contribution is 7.19. The number of nitrogens with two attached hydrogens (primary N) is 1. The molecule has 11 heteroatoms. The summed E-state index contributed by atoms with van der Waals surface area (Å²) >= 11 is 13.6. The Labute approximate surface area is 199 Å². The normalized spacial score (nSPS) is 10.9. The third kappa shape index (κ3) is 5.86. The van der Waals surface area contributed by atoms with Gasteiger partial charge in [-0.3, -0.25) is 9.59 Å². The Balaban J connectivity index is 1.68. The molecule has 1 amide bonds. The smallest absolute Gasteiger partial charge is 0.270 e. The number of nitrogens with zero attached hydrogens (tertiary/aromatic N) is 3. The Morgan fingerprint density at radius 1 is 1.28 bits per heavy atom. The van der Waals surface area contributed by atoms with E-state index in [4.69, 9.17) is 28.9 Å². The van der Waals surface area contributed by atoms with E-state index >= 15 is 0 Å². The van der Waals surface area contributed by atoms with Crippen molar-refractivity contribution in [3.63, 3.8) is 0 Å². The van der Waals surface area contributed by atoms with Crippen LogP contribution in [-0.4, -0.2) is 27.7 Å². The lowest BCUT2D eigenvalue weighted by atomic mass is 10.1. The van der Waals surface area contributed by atoms with Gasteiger partial charge in [0.2, 0.25) is 5.91 Å². The first-order valence-corrected chi connectivity index (χ1v) is 11.5. The molecule has 0 unspecified atom stereocenters. The average Bonchev–Trinajstić information content (AvgIpc) is 3.14. The van der Waals surface area contributed by atoms with Crippen LogP contribution in [0.25, 0.3) is 0 Å². The molecular weight excluding hydrogens is 471 g/mol. The van der Waals surface area contributed by atoms with E-state index in [1.54, 1.807) is 32.3 Å². The number of aromatic nitrogens is 3. The summed E-state index contributed by atoms with van der Waals surface area (Å²) in [6.07, 6.45) is 2.00. The van der Waals surface area contributed by atoms with Crippen molar-refractivity contribution < 1.29 is 4.79 Å². The number of amides is 1. The Hall–Kier alpha value is -2.46. The van der Waals surface area contributed by atoms with Gasteiger partial charge in [-0.2, -0.15) is 5.10 Å². The summed E-state index contributed by atoms with van der Waals surface area (Å²) in [7, 11) is 1.77. The Kier molecular flexibility index (Phi) is 8.25. The Morgan fingerprint density at radius 2 is 2.06 bits per heavy atom. The van der Waals surface area contributed by atoms with Crippen LogP contribution in [0.1, 0.15) is 27.9 Å². The number of anilines is 1. The second-order valence-corrected chi connectivity index (χ2v) is 9.18. The van der Waals surface area contributed by atoms with Crippen LogP contribution >= 0.6 is 34.5 Å². The first-order valence-electron chi connectivity index (χ1n) is 9.95. The molecule has 0 fully saturated rings. The molecule has 0 aliphatic rings. The van der Waals surface area contributed by atoms with E-state index in [9.17, 15) is 9.59 Å². The fourth-order valence-electron chi connectivity index (χ4n) is 3.17. The standard InChI is InChI=1S/C21H24Cl2N6O2S/c1-12-10-27-29(6-5-17-19(23)32-21(25-2)28-17)20(31)16(12)8-18(30)26-11-14-7-15(22)4-3-13(14)9-24/h3-4,7,10H,5-6,8-9,11,24H2,1-2H3,(H,25,28)(H,26,30). The number of aryl methyl sites for hydroxylation is 3. The van der Waals surface area contributed by atoms with Crippen LogP contribution < -0.4 is 21.9 Å². The van der Waals surface area contributed by atoms with Crippen LogP contribution in [0.2, 0.25) is 9.36 Å². The quantitative estimate of drug-likeness (QED) is 0.421. The van der Waals surface area contributed by atoms with Gasteiger partial charge in [0.15, 0.2) is 5.13 Å². The maximum absolute atomic E-state index is 12.9. The molecule has 0 atom stereocenters. The molecule has 1 aromatic carbocycles. The van der Waals surface area contributed by atoms with Gasteiger partial charge in [-0.05, 0) is 35.7 Å². The first-order chi connectivity index (χ1) is 15.3. The minimum Gasteiger partial charge on any atom is -0.365 e. The van der Waals surface area contributed by atoms with E-state index in [1.165, 1.54) is 16.0 Å². The van der Waals surface area contributed by atoms with Gasteiger partial charge in [0, 0.05) is 37.1 Å². The van der Waals surface area contributed by atoms with E-state index in [2.05, 4.69) is 20.7 Å². The van der Waals surface area contributed by atoms with E-state index in [-0.39, 0.29) is 24.4 Å². The second kappa shape index (κ2) is 10.9. The third-order valence-corrected chi connectivity index (χ3v) is 6.57. The zero-order valence-electron chi connectivity index (χ0n) is 17.7. The molecule has 0 saturated heterocycles. The molecule has 3 rings (SSSR count). The van der Waals surface area contributed by atoms with E-state index < -0.39 is 0 Å². The number of carbonyl (C=O) groups excluding carboxylic acids is 1. The van der Waals surface area contributed by atoms with Gasteiger partial charge in [-0.1, -0.05) is 40.6 Å². The van der Waals surface area contributed by atoms with Gasteiger partial charge in [0.25, 0.3) is 5.56 Å². The fourth-order valence-corrected chi connectivity index (χ4v) is 4.41. The minimum atomic E-state index is -0.300. The Morgan fingerprint density at radius 3 is 2.75 bits per heavy atom. The molecule has 8 nitrogen and oxygen atoms in total. The number of nitrogens with one attached hydrogen (secondary N) is 2. The summed E-state index contributed by atoms with van der Waals surface area (Å²) in [5, 5.41) is 11.3. The maximum atomic E-state index is 12.9. The molecule has 4 N–H and O–H groups in total. The lowest BCUT2D eigenvalue weighted by Crippen LogP contribution is -2.32. The van der Waals surface area contributed by atoms with E-state index in [1.807, 2.05) is 6.07 Å². The lowest BCUT2D eigenvalue weighted by Gasteiger charge is -2.12. The monoisotopic (exact) mass is 494 g/mol. The zero-order chi connectivity index (χ0) is 23.3. The summed E-state index contributed by atoms with van der Waals surface area (Å²) in [6, 6.07) is 5.37. The van der Waals surface area contributed by atoms with Crippen LogP contribution in [0, 0.1) is 6.92 Å². The SMILES string of the molecule is CNc1nc(CCn2ncc(C)c(CC(=O)NCc3cc(Cl)ccc3CN)c2=O)c(Cl)s1. The van der Waals surface area contributed by atoms with Crippen LogP contribution in [0.5, 0.6) is 0 Å². The number of benzene rings is 1. The molecule has 0 aliphatic heterocycles. The van der Waals surface area contributed by atoms with Crippen molar-refractivity contribution in [1.29, 1.82) is 0 Å². The average molecular weight is 495 g/mol. The van der Waals surface area contributed by atoms with Gasteiger partial charge in [-0.15, -0.1) is 0 Å². The molecule has 170 valence electrons. The minimum absolute atomic E-state index is 0.0485. The number of carbonyl (C=O) groups is 1. The topological polar surface area (TPSA) is 115 Å². The maximum Gasteiger partial charge on any atom is 0.270 e. The van der Waals surface area contributed by atoms with Crippen molar-refractivity contribution in [1.82, 2.24) is 20.1 Å². The predicted octanol–water partition coefficient (Wildman–Crippen LogP) is 2.92. The summed E-state index contributed by atoms with van der Waals surface area (Å²) in [6.45, 7) is 2.69. The van der Waals surface area contributed by atoms with Crippen LogP contribution in [-0.2, 0) is 37.3 Å². The van der Waals surface area contributed by atoms with Crippen molar-refractivity contribution in [3.8, 4) is 0 Å². The number of hydrogen-bond acceptors (Lipinski definition) is 7. The summed E-state index contributed by atoms with van der Waals surface area (Å²) in [5.41, 5.74) is 8.97.